The van der Waals surface area contributed by atoms with Gasteiger partial charge in [-0.05, 0) is 77.0 Å². The molecule has 2 atom stereocenters. The average molecular weight is 889 g/mol. The first-order valence-electron chi connectivity index (χ1n) is 28.1. The summed E-state index contributed by atoms with van der Waals surface area (Å²) in [5.41, 5.74) is 0. The van der Waals surface area contributed by atoms with E-state index in [9.17, 15) is 19.8 Å². The summed E-state index contributed by atoms with van der Waals surface area (Å²) in [5.74, 6) is -0.0845. The number of esters is 1. The molecule has 0 aromatic rings. The third kappa shape index (κ3) is 49.6. The van der Waals surface area contributed by atoms with Crippen molar-refractivity contribution >= 4 is 11.9 Å². The first-order valence-corrected chi connectivity index (χ1v) is 28.1. The number of unbranched alkanes of at least 4 members (excludes halogenated alkanes) is 37. The smallest absolute Gasteiger partial charge is 0.305 e. The van der Waals surface area contributed by atoms with Crippen molar-refractivity contribution < 1.29 is 24.5 Å². The summed E-state index contributed by atoms with van der Waals surface area (Å²) in [4.78, 5) is 24.5. The molecule has 0 aliphatic rings. The Hall–Kier alpha value is -1.66. The van der Waals surface area contributed by atoms with Crippen molar-refractivity contribution in [2.24, 2.45) is 0 Å². The molecule has 372 valence electrons. The lowest BCUT2D eigenvalue weighted by Crippen LogP contribution is -2.45. The largest absolute Gasteiger partial charge is 0.466 e. The third-order valence-corrected chi connectivity index (χ3v) is 13.0. The Kier molecular flexibility index (Phi) is 51.6. The molecular weight excluding hydrogens is 779 g/mol. The molecule has 0 rings (SSSR count). The summed E-state index contributed by atoms with van der Waals surface area (Å²) in [6.07, 6.45) is 63.0. The minimum atomic E-state index is -0.682. The van der Waals surface area contributed by atoms with Gasteiger partial charge in [0.2, 0.25) is 5.91 Å². The highest BCUT2D eigenvalue weighted by atomic mass is 16.5. The normalized spacial score (nSPS) is 12.8. The van der Waals surface area contributed by atoms with Gasteiger partial charge in [-0.2, -0.15) is 0 Å². The van der Waals surface area contributed by atoms with Crippen LogP contribution < -0.4 is 5.32 Å². The fraction of sp³-hybridized carbons (Fsp3) is 0.895. The second-order valence-corrected chi connectivity index (χ2v) is 19.3. The molecule has 0 fully saturated rings. The number of allylic oxidation sites excluding steroid dienone is 4. The summed E-state index contributed by atoms with van der Waals surface area (Å²) in [6.45, 7) is 4.90. The highest BCUT2D eigenvalue weighted by molar-refractivity contribution is 5.76. The molecule has 63 heavy (non-hydrogen) atoms. The van der Waals surface area contributed by atoms with Crippen LogP contribution in [0.5, 0.6) is 0 Å². The van der Waals surface area contributed by atoms with E-state index in [1.807, 2.05) is 0 Å². The van der Waals surface area contributed by atoms with Gasteiger partial charge in [0.1, 0.15) is 0 Å². The van der Waals surface area contributed by atoms with Crippen LogP contribution in [0.15, 0.2) is 24.3 Å². The Labute approximate surface area is 392 Å². The van der Waals surface area contributed by atoms with Gasteiger partial charge < -0.3 is 20.3 Å². The highest BCUT2D eigenvalue weighted by Gasteiger charge is 2.20. The number of carbonyl (C=O) groups excluding carboxylic acids is 2. The molecule has 6 nitrogen and oxygen atoms in total. The predicted octanol–water partition coefficient (Wildman–Crippen LogP) is 17.1. The van der Waals surface area contributed by atoms with E-state index in [2.05, 4.69) is 43.5 Å². The van der Waals surface area contributed by atoms with E-state index >= 15 is 0 Å². The Balaban J connectivity index is 3.50. The van der Waals surface area contributed by atoms with Gasteiger partial charge in [0, 0.05) is 12.8 Å². The lowest BCUT2D eigenvalue weighted by Gasteiger charge is -2.22. The Bertz CT molecular complexity index is 982. The molecule has 6 heteroatoms. The standard InChI is InChI=1S/C57H109NO5/c1-3-5-7-9-11-13-15-17-18-19-20-21-22-23-26-29-33-37-41-45-49-55(60)54(53-59)58-56(61)50-46-42-38-34-30-27-24-28-32-36-40-44-48-52-63-57(62)51-47-43-39-35-31-25-16-14-12-10-8-6-4-2/h14,16,27,30,54-55,59-60H,3-13,15,17-26,28-29,31-53H2,1-2H3,(H,58,61)/b16-14-,30-27-. The molecule has 0 aliphatic carbocycles. The zero-order chi connectivity index (χ0) is 45.8. The highest BCUT2D eigenvalue weighted by Crippen LogP contribution is 2.17. The van der Waals surface area contributed by atoms with Crippen molar-refractivity contribution in [1.82, 2.24) is 5.32 Å². The van der Waals surface area contributed by atoms with E-state index in [0.717, 1.165) is 70.6 Å². The number of aliphatic hydroxyl groups is 2. The molecule has 0 aromatic heterocycles. The van der Waals surface area contributed by atoms with E-state index in [4.69, 9.17) is 4.74 Å². The topological polar surface area (TPSA) is 95.9 Å². The van der Waals surface area contributed by atoms with Crippen LogP contribution in [-0.2, 0) is 14.3 Å². The molecule has 0 saturated carbocycles. The van der Waals surface area contributed by atoms with E-state index in [1.54, 1.807) is 0 Å². The van der Waals surface area contributed by atoms with Gasteiger partial charge in [-0.25, -0.2) is 0 Å². The minimum absolute atomic E-state index is 0.0214. The maximum absolute atomic E-state index is 12.5. The molecule has 0 aliphatic heterocycles. The molecule has 0 aromatic carbocycles. The molecule has 0 heterocycles. The van der Waals surface area contributed by atoms with Crippen molar-refractivity contribution in [3.63, 3.8) is 0 Å². The van der Waals surface area contributed by atoms with Gasteiger partial charge in [-0.3, -0.25) is 9.59 Å². The molecular formula is C57H109NO5. The van der Waals surface area contributed by atoms with Crippen LogP contribution in [0.4, 0.5) is 0 Å². The predicted molar refractivity (Wildman–Crippen MR) is 273 cm³/mol. The first kappa shape index (κ1) is 61.3. The van der Waals surface area contributed by atoms with Crippen LogP contribution in [-0.4, -0.2) is 47.4 Å². The minimum Gasteiger partial charge on any atom is -0.466 e. The summed E-state index contributed by atoms with van der Waals surface area (Å²) in [5, 5.41) is 23.3. The van der Waals surface area contributed by atoms with E-state index in [0.29, 0.717) is 25.9 Å². The number of amides is 1. The van der Waals surface area contributed by atoms with Crippen LogP contribution >= 0.6 is 0 Å². The zero-order valence-electron chi connectivity index (χ0n) is 42.3. The number of rotatable bonds is 52. The summed E-state index contributed by atoms with van der Waals surface area (Å²) in [7, 11) is 0. The van der Waals surface area contributed by atoms with Crippen LogP contribution in [0.2, 0.25) is 0 Å². The van der Waals surface area contributed by atoms with Crippen molar-refractivity contribution in [3.8, 4) is 0 Å². The fourth-order valence-corrected chi connectivity index (χ4v) is 8.63. The summed E-state index contributed by atoms with van der Waals surface area (Å²) < 4.78 is 5.45. The maximum Gasteiger partial charge on any atom is 0.305 e. The number of ether oxygens (including phenoxy) is 1. The molecule has 0 radical (unpaired) electrons. The number of hydrogen-bond donors (Lipinski definition) is 3. The first-order chi connectivity index (χ1) is 31.0. The molecule has 1 amide bonds. The van der Waals surface area contributed by atoms with Crippen molar-refractivity contribution in [1.29, 1.82) is 0 Å². The van der Waals surface area contributed by atoms with E-state index in [-0.39, 0.29) is 18.5 Å². The lowest BCUT2D eigenvalue weighted by molar-refractivity contribution is -0.143. The average Bonchev–Trinajstić information content (AvgIpc) is 3.28. The van der Waals surface area contributed by atoms with Gasteiger partial charge in [0.25, 0.3) is 0 Å². The Morgan fingerprint density at radius 1 is 0.429 bits per heavy atom. The van der Waals surface area contributed by atoms with Crippen molar-refractivity contribution in [3.05, 3.63) is 24.3 Å². The van der Waals surface area contributed by atoms with Crippen molar-refractivity contribution in [2.45, 2.75) is 315 Å². The molecule has 0 spiro atoms. The lowest BCUT2D eigenvalue weighted by atomic mass is 10.0. The third-order valence-electron chi connectivity index (χ3n) is 13.0. The molecule has 0 bridgehead atoms. The van der Waals surface area contributed by atoms with E-state index in [1.165, 1.54) is 199 Å². The van der Waals surface area contributed by atoms with Crippen LogP contribution in [0.25, 0.3) is 0 Å². The maximum atomic E-state index is 12.5. The van der Waals surface area contributed by atoms with Crippen molar-refractivity contribution in [2.75, 3.05) is 13.2 Å². The fourth-order valence-electron chi connectivity index (χ4n) is 8.63. The van der Waals surface area contributed by atoms with Gasteiger partial charge in [0.15, 0.2) is 0 Å². The molecule has 0 saturated heterocycles. The van der Waals surface area contributed by atoms with Gasteiger partial charge in [-0.1, -0.05) is 237 Å². The van der Waals surface area contributed by atoms with Gasteiger partial charge in [0.05, 0.1) is 25.4 Å². The van der Waals surface area contributed by atoms with Crippen LogP contribution in [0.1, 0.15) is 303 Å². The number of hydrogen-bond acceptors (Lipinski definition) is 5. The number of carbonyl (C=O) groups is 2. The number of aliphatic hydroxyl groups excluding tert-OH is 2. The monoisotopic (exact) mass is 888 g/mol. The Morgan fingerprint density at radius 2 is 0.746 bits per heavy atom. The second-order valence-electron chi connectivity index (χ2n) is 19.3. The Morgan fingerprint density at radius 3 is 1.16 bits per heavy atom. The van der Waals surface area contributed by atoms with Crippen LogP contribution in [0.3, 0.4) is 0 Å². The van der Waals surface area contributed by atoms with E-state index < -0.39 is 12.1 Å². The summed E-state index contributed by atoms with van der Waals surface area (Å²) >= 11 is 0. The molecule has 3 N–H and O–H groups in total. The second kappa shape index (κ2) is 53.0. The quantitative estimate of drug-likeness (QED) is 0.0321. The molecule has 2 unspecified atom stereocenters. The van der Waals surface area contributed by atoms with Crippen LogP contribution in [0, 0.1) is 0 Å². The SMILES string of the molecule is CCCCCC/C=C\CCCCCCCC(=O)OCCCCCCCC/C=C\CCCCCC(=O)NC(CO)C(O)CCCCCCCCCCCCCCCCCCCCCC. The summed E-state index contributed by atoms with van der Waals surface area (Å²) in [6, 6.07) is -0.562. The zero-order valence-corrected chi connectivity index (χ0v) is 42.3. The van der Waals surface area contributed by atoms with Gasteiger partial charge >= 0.3 is 5.97 Å². The van der Waals surface area contributed by atoms with Gasteiger partial charge in [-0.15, -0.1) is 0 Å². The number of nitrogens with one attached hydrogen (secondary N) is 1.